The second kappa shape index (κ2) is 9.78. The summed E-state index contributed by atoms with van der Waals surface area (Å²) in [5.74, 6) is -0.00508. The van der Waals surface area contributed by atoms with Crippen LogP contribution in [0, 0.1) is 10.1 Å². The van der Waals surface area contributed by atoms with Gasteiger partial charge >= 0.3 is 0 Å². The lowest BCUT2D eigenvalue weighted by Crippen LogP contribution is -2.48. The molecular formula is C23H29N5O3. The van der Waals surface area contributed by atoms with Crippen LogP contribution in [0.3, 0.4) is 0 Å². The van der Waals surface area contributed by atoms with Crippen LogP contribution in [0.4, 0.5) is 22.7 Å². The number of benzene rings is 2. The van der Waals surface area contributed by atoms with Gasteiger partial charge in [-0.1, -0.05) is 0 Å². The highest BCUT2D eigenvalue weighted by Gasteiger charge is 2.20. The molecule has 0 unspecified atom stereocenters. The minimum absolute atomic E-state index is 0.00508. The zero-order valence-electron chi connectivity index (χ0n) is 17.7. The van der Waals surface area contributed by atoms with Crippen molar-refractivity contribution in [2.24, 2.45) is 0 Å². The molecular weight excluding hydrogens is 394 g/mol. The van der Waals surface area contributed by atoms with Crippen molar-refractivity contribution in [3.05, 3.63) is 58.6 Å². The van der Waals surface area contributed by atoms with Crippen molar-refractivity contribution in [3.8, 4) is 0 Å². The van der Waals surface area contributed by atoms with E-state index in [1.165, 1.54) is 37.1 Å². The van der Waals surface area contributed by atoms with Crippen molar-refractivity contribution < 1.29 is 9.72 Å². The summed E-state index contributed by atoms with van der Waals surface area (Å²) in [7, 11) is 0. The van der Waals surface area contributed by atoms with E-state index in [4.69, 9.17) is 0 Å². The third-order valence-electron chi connectivity index (χ3n) is 6.04. The molecule has 1 N–H and O–H groups in total. The maximum Gasteiger partial charge on any atom is 0.269 e. The SMILES string of the molecule is O=C(CN1CCN(c2ccc([N+](=O)[O-])cc2)CC1)Nc1ccc(N2CCCCC2)cc1. The Kier molecular flexibility index (Phi) is 6.66. The average molecular weight is 424 g/mol. The Morgan fingerprint density at radius 1 is 0.806 bits per heavy atom. The predicted molar refractivity (Wildman–Crippen MR) is 123 cm³/mol. The fourth-order valence-electron chi connectivity index (χ4n) is 4.26. The molecule has 0 bridgehead atoms. The van der Waals surface area contributed by atoms with Gasteiger partial charge in [0.1, 0.15) is 0 Å². The molecule has 2 heterocycles. The van der Waals surface area contributed by atoms with Crippen molar-refractivity contribution in [2.45, 2.75) is 19.3 Å². The fraction of sp³-hybridized carbons (Fsp3) is 0.435. The van der Waals surface area contributed by atoms with Crippen LogP contribution in [0.5, 0.6) is 0 Å². The van der Waals surface area contributed by atoms with E-state index in [0.29, 0.717) is 6.54 Å². The highest BCUT2D eigenvalue weighted by atomic mass is 16.6. The summed E-state index contributed by atoms with van der Waals surface area (Å²) in [5.41, 5.74) is 3.13. The Morgan fingerprint density at radius 3 is 1.94 bits per heavy atom. The second-order valence-electron chi connectivity index (χ2n) is 8.18. The Balaban J connectivity index is 1.23. The lowest BCUT2D eigenvalue weighted by molar-refractivity contribution is -0.384. The number of amides is 1. The first-order valence-corrected chi connectivity index (χ1v) is 10.9. The normalized spacial score (nSPS) is 17.4. The summed E-state index contributed by atoms with van der Waals surface area (Å²) in [6.07, 6.45) is 3.80. The molecule has 2 fully saturated rings. The van der Waals surface area contributed by atoms with Gasteiger partial charge in [0.2, 0.25) is 5.91 Å². The summed E-state index contributed by atoms with van der Waals surface area (Å²) in [5, 5.41) is 13.8. The molecule has 8 nitrogen and oxygen atoms in total. The van der Waals surface area contributed by atoms with E-state index in [0.717, 1.165) is 50.6 Å². The molecule has 2 aromatic carbocycles. The quantitative estimate of drug-likeness (QED) is 0.567. The smallest absolute Gasteiger partial charge is 0.269 e. The topological polar surface area (TPSA) is 82.0 Å². The van der Waals surface area contributed by atoms with Crippen LogP contribution in [-0.4, -0.2) is 61.5 Å². The minimum atomic E-state index is -0.387. The summed E-state index contributed by atoms with van der Waals surface area (Å²) in [6.45, 7) is 5.71. The molecule has 2 aliphatic rings. The standard InChI is InChI=1S/C23H29N5O3/c29-23(24-19-4-6-20(7-5-19)26-12-2-1-3-13-26)18-25-14-16-27(17-15-25)21-8-10-22(11-9-21)28(30)31/h4-11H,1-3,12-18H2,(H,24,29). The number of carbonyl (C=O) groups excluding carboxylic acids is 1. The molecule has 0 aromatic heterocycles. The zero-order valence-corrected chi connectivity index (χ0v) is 17.7. The van der Waals surface area contributed by atoms with Gasteiger partial charge in [-0.25, -0.2) is 0 Å². The maximum atomic E-state index is 12.5. The Labute approximate surface area is 182 Å². The van der Waals surface area contributed by atoms with E-state index in [-0.39, 0.29) is 16.5 Å². The first kappa shape index (κ1) is 21.1. The Hall–Kier alpha value is -3.13. The number of piperidine rings is 1. The van der Waals surface area contributed by atoms with Gasteiger partial charge in [-0.3, -0.25) is 19.8 Å². The molecule has 0 atom stereocenters. The number of nitrogens with one attached hydrogen (secondary N) is 1. The summed E-state index contributed by atoms with van der Waals surface area (Å²) in [6, 6.07) is 14.8. The van der Waals surface area contributed by atoms with Crippen LogP contribution in [0.15, 0.2) is 48.5 Å². The first-order chi connectivity index (χ1) is 15.1. The van der Waals surface area contributed by atoms with Gasteiger partial charge in [0.05, 0.1) is 11.5 Å². The first-order valence-electron chi connectivity index (χ1n) is 10.9. The Bertz CT molecular complexity index is 886. The molecule has 0 spiro atoms. The molecule has 2 saturated heterocycles. The van der Waals surface area contributed by atoms with Crippen LogP contribution >= 0.6 is 0 Å². The van der Waals surface area contributed by atoms with Crippen LogP contribution in [0.1, 0.15) is 19.3 Å². The number of hydrogen-bond donors (Lipinski definition) is 1. The number of nitro benzene ring substituents is 1. The third kappa shape index (κ3) is 5.52. The third-order valence-corrected chi connectivity index (χ3v) is 6.04. The van der Waals surface area contributed by atoms with Crippen molar-refractivity contribution in [2.75, 3.05) is 60.9 Å². The molecule has 1 amide bonds. The fourth-order valence-corrected chi connectivity index (χ4v) is 4.26. The molecule has 0 radical (unpaired) electrons. The van der Waals surface area contributed by atoms with Gasteiger partial charge in [-0.05, 0) is 55.7 Å². The average Bonchev–Trinajstić information content (AvgIpc) is 2.81. The second-order valence-corrected chi connectivity index (χ2v) is 8.18. The van der Waals surface area contributed by atoms with E-state index in [9.17, 15) is 14.9 Å². The molecule has 31 heavy (non-hydrogen) atoms. The molecule has 0 aliphatic carbocycles. The number of nitro groups is 1. The largest absolute Gasteiger partial charge is 0.372 e. The highest BCUT2D eigenvalue weighted by Crippen LogP contribution is 2.22. The van der Waals surface area contributed by atoms with E-state index >= 15 is 0 Å². The summed E-state index contributed by atoms with van der Waals surface area (Å²) >= 11 is 0. The molecule has 0 saturated carbocycles. The van der Waals surface area contributed by atoms with Crippen LogP contribution in [0.2, 0.25) is 0 Å². The summed E-state index contributed by atoms with van der Waals surface area (Å²) < 4.78 is 0. The molecule has 8 heteroatoms. The number of non-ortho nitro benzene ring substituents is 1. The molecule has 164 valence electrons. The van der Waals surface area contributed by atoms with Gasteiger partial charge in [-0.15, -0.1) is 0 Å². The predicted octanol–water partition coefficient (Wildman–Crippen LogP) is 3.35. The molecule has 2 aliphatic heterocycles. The van der Waals surface area contributed by atoms with Crippen LogP contribution in [0.25, 0.3) is 0 Å². The number of piperazine rings is 1. The van der Waals surface area contributed by atoms with Crippen LogP contribution in [-0.2, 0) is 4.79 Å². The van der Waals surface area contributed by atoms with Gasteiger partial charge in [0.25, 0.3) is 5.69 Å². The van der Waals surface area contributed by atoms with Gasteiger partial charge < -0.3 is 15.1 Å². The maximum absolute atomic E-state index is 12.5. The van der Waals surface area contributed by atoms with Crippen molar-refractivity contribution >= 4 is 28.7 Å². The van der Waals surface area contributed by atoms with Crippen LogP contribution < -0.4 is 15.1 Å². The molecule has 4 rings (SSSR count). The van der Waals surface area contributed by atoms with Gasteiger partial charge in [0, 0.05) is 68.5 Å². The van der Waals surface area contributed by atoms with Crippen molar-refractivity contribution in [1.29, 1.82) is 0 Å². The number of rotatable bonds is 6. The van der Waals surface area contributed by atoms with E-state index in [1.807, 2.05) is 12.1 Å². The summed E-state index contributed by atoms with van der Waals surface area (Å²) in [4.78, 5) is 29.6. The van der Waals surface area contributed by atoms with Gasteiger partial charge in [0.15, 0.2) is 0 Å². The highest BCUT2D eigenvalue weighted by molar-refractivity contribution is 5.92. The van der Waals surface area contributed by atoms with Gasteiger partial charge in [-0.2, -0.15) is 0 Å². The Morgan fingerprint density at radius 2 is 1.35 bits per heavy atom. The van der Waals surface area contributed by atoms with E-state index in [2.05, 4.69) is 32.1 Å². The monoisotopic (exact) mass is 423 g/mol. The zero-order chi connectivity index (χ0) is 21.6. The number of nitrogens with zero attached hydrogens (tertiary/aromatic N) is 4. The van der Waals surface area contributed by atoms with Crippen molar-refractivity contribution in [1.82, 2.24) is 4.90 Å². The minimum Gasteiger partial charge on any atom is -0.372 e. The van der Waals surface area contributed by atoms with E-state index in [1.54, 1.807) is 12.1 Å². The van der Waals surface area contributed by atoms with E-state index < -0.39 is 0 Å². The lowest BCUT2D eigenvalue weighted by atomic mass is 10.1. The number of anilines is 3. The molecule has 2 aromatic rings. The van der Waals surface area contributed by atoms with Crippen molar-refractivity contribution in [3.63, 3.8) is 0 Å². The number of hydrogen-bond acceptors (Lipinski definition) is 6. The number of carbonyl (C=O) groups is 1. The lowest BCUT2D eigenvalue weighted by Gasteiger charge is -2.35.